The highest BCUT2D eigenvalue weighted by molar-refractivity contribution is 7.99. The monoisotopic (exact) mass is 367 g/mol. The van der Waals surface area contributed by atoms with Crippen LogP contribution in [-0.4, -0.2) is 28.6 Å². The molecule has 1 atom stereocenters. The van der Waals surface area contributed by atoms with Gasteiger partial charge in [-0.3, -0.25) is 10.1 Å². The van der Waals surface area contributed by atoms with E-state index in [0.717, 1.165) is 22.9 Å². The van der Waals surface area contributed by atoms with Crippen molar-refractivity contribution in [2.24, 2.45) is 0 Å². The van der Waals surface area contributed by atoms with Crippen molar-refractivity contribution in [1.29, 1.82) is 0 Å². The fourth-order valence-corrected chi connectivity index (χ4v) is 4.62. The first-order valence-corrected chi connectivity index (χ1v) is 9.53. The van der Waals surface area contributed by atoms with Gasteiger partial charge in [-0.1, -0.05) is 12.1 Å². The predicted octanol–water partition coefficient (Wildman–Crippen LogP) is 3.32. The molecule has 0 saturated carbocycles. The summed E-state index contributed by atoms with van der Waals surface area (Å²) in [7, 11) is 0. The number of carbonyl (C=O) groups excluding carboxylic acids is 1. The van der Waals surface area contributed by atoms with E-state index >= 15 is 0 Å². The number of carbonyl (C=O) groups is 1. The Labute approximate surface area is 149 Å². The summed E-state index contributed by atoms with van der Waals surface area (Å²) in [5.74, 6) is 1.69. The Balaban J connectivity index is 0.00000156. The summed E-state index contributed by atoms with van der Waals surface area (Å²) in [6, 6.07) is 6.50. The largest absolute Gasteiger partial charge is 0.301 e. The molecule has 23 heavy (non-hydrogen) atoms. The number of fused-ring (bicyclic) bond motifs is 1. The minimum absolute atomic E-state index is 0. The quantitative estimate of drug-likeness (QED) is 0.873. The number of nitrogens with one attached hydrogen (secondary N) is 2. The van der Waals surface area contributed by atoms with E-state index in [4.69, 9.17) is 0 Å². The Hall–Kier alpha value is -1.08. The van der Waals surface area contributed by atoms with Crippen molar-refractivity contribution < 1.29 is 4.79 Å². The second-order valence-corrected chi connectivity index (χ2v) is 7.52. The fraction of sp³-hybridized carbons (Fsp3) is 0.375. The smallest absolute Gasteiger partial charge is 0.244 e. The zero-order valence-electron chi connectivity index (χ0n) is 12.5. The van der Waals surface area contributed by atoms with Crippen LogP contribution in [-0.2, 0) is 17.6 Å². The van der Waals surface area contributed by atoms with E-state index in [1.54, 1.807) is 11.8 Å². The lowest BCUT2D eigenvalue weighted by atomic mass is 10.1. The molecule has 1 unspecified atom stereocenters. The van der Waals surface area contributed by atoms with E-state index in [1.165, 1.54) is 41.7 Å². The normalized spacial score (nSPS) is 19.2. The van der Waals surface area contributed by atoms with Crippen LogP contribution in [0.4, 0.5) is 5.13 Å². The van der Waals surface area contributed by atoms with Gasteiger partial charge in [0.25, 0.3) is 0 Å². The number of thiazole rings is 1. The number of hydrogen-bond acceptors (Lipinski definition) is 5. The lowest BCUT2D eigenvalue weighted by molar-refractivity contribution is -0.117. The molecule has 4 rings (SSSR count). The number of halogens is 1. The lowest BCUT2D eigenvalue weighted by Gasteiger charge is -2.07. The highest BCUT2D eigenvalue weighted by Crippen LogP contribution is 2.30. The summed E-state index contributed by atoms with van der Waals surface area (Å²) in [5, 5.41) is 8.79. The third-order valence-corrected chi connectivity index (χ3v) is 5.86. The Morgan fingerprint density at radius 3 is 3.00 bits per heavy atom. The molecule has 1 aromatic heterocycles. The van der Waals surface area contributed by atoms with Gasteiger partial charge in [0.05, 0.1) is 11.7 Å². The molecule has 0 bridgehead atoms. The third-order valence-electron chi connectivity index (χ3n) is 4.16. The van der Waals surface area contributed by atoms with Crippen LogP contribution in [0.25, 0.3) is 11.3 Å². The first kappa shape index (κ1) is 16.8. The molecule has 2 N–H and O–H groups in total. The van der Waals surface area contributed by atoms with Gasteiger partial charge in [0.2, 0.25) is 5.91 Å². The predicted molar refractivity (Wildman–Crippen MR) is 99.7 cm³/mol. The maximum Gasteiger partial charge on any atom is 0.244 e. The van der Waals surface area contributed by atoms with Crippen LogP contribution in [0.2, 0.25) is 0 Å². The highest BCUT2D eigenvalue weighted by atomic mass is 35.5. The number of thioether (sulfide) groups is 1. The molecular weight excluding hydrogens is 350 g/mol. The van der Waals surface area contributed by atoms with Gasteiger partial charge in [-0.2, -0.15) is 0 Å². The summed E-state index contributed by atoms with van der Waals surface area (Å²) in [6.45, 7) is 0. The van der Waals surface area contributed by atoms with Gasteiger partial charge in [-0.15, -0.1) is 35.5 Å². The Bertz CT molecular complexity index is 713. The Morgan fingerprint density at radius 2 is 2.17 bits per heavy atom. The van der Waals surface area contributed by atoms with Crippen LogP contribution in [0.3, 0.4) is 0 Å². The molecule has 1 fully saturated rings. The SMILES string of the molecule is Cl.O=C(Nc1nc(-c2ccc3c(c2)CCC3)cs1)C1CSCN1. The van der Waals surface area contributed by atoms with Crippen LogP contribution in [0.15, 0.2) is 23.6 Å². The Morgan fingerprint density at radius 1 is 1.30 bits per heavy atom. The average molecular weight is 368 g/mol. The van der Waals surface area contributed by atoms with Gasteiger partial charge in [0.15, 0.2) is 5.13 Å². The van der Waals surface area contributed by atoms with Crippen LogP contribution in [0, 0.1) is 0 Å². The zero-order valence-corrected chi connectivity index (χ0v) is 15.0. The van der Waals surface area contributed by atoms with Crippen LogP contribution in [0.5, 0.6) is 0 Å². The number of benzene rings is 1. The van der Waals surface area contributed by atoms with Crippen molar-refractivity contribution in [2.75, 3.05) is 16.9 Å². The number of aryl methyl sites for hydroxylation is 2. The van der Waals surface area contributed by atoms with Gasteiger partial charge >= 0.3 is 0 Å². The summed E-state index contributed by atoms with van der Waals surface area (Å²) in [6.07, 6.45) is 3.62. The topological polar surface area (TPSA) is 54.0 Å². The van der Waals surface area contributed by atoms with Crippen molar-refractivity contribution in [3.8, 4) is 11.3 Å². The third kappa shape index (κ3) is 3.55. The summed E-state index contributed by atoms with van der Waals surface area (Å²) < 4.78 is 0. The molecule has 2 heterocycles. The van der Waals surface area contributed by atoms with E-state index < -0.39 is 0 Å². The molecule has 0 spiro atoms. The molecule has 1 aromatic carbocycles. The van der Waals surface area contributed by atoms with Gasteiger partial charge in [0, 0.05) is 22.6 Å². The second-order valence-electron chi connectivity index (χ2n) is 5.64. The van der Waals surface area contributed by atoms with Crippen molar-refractivity contribution in [3.05, 3.63) is 34.7 Å². The number of amides is 1. The number of nitrogens with zero attached hydrogens (tertiary/aromatic N) is 1. The van der Waals surface area contributed by atoms with E-state index in [0.29, 0.717) is 5.13 Å². The summed E-state index contributed by atoms with van der Waals surface area (Å²) >= 11 is 3.23. The molecule has 1 amide bonds. The molecule has 1 aliphatic carbocycles. The molecule has 4 nitrogen and oxygen atoms in total. The summed E-state index contributed by atoms with van der Waals surface area (Å²) in [4.78, 5) is 16.7. The molecule has 1 saturated heterocycles. The van der Waals surface area contributed by atoms with Crippen LogP contribution >= 0.6 is 35.5 Å². The zero-order chi connectivity index (χ0) is 14.9. The number of rotatable bonds is 3. The molecule has 2 aromatic rings. The number of hydrogen-bond donors (Lipinski definition) is 2. The molecule has 122 valence electrons. The fourth-order valence-electron chi connectivity index (χ4n) is 2.95. The maximum absolute atomic E-state index is 12.1. The first-order valence-electron chi connectivity index (χ1n) is 7.49. The molecule has 1 aliphatic heterocycles. The average Bonchev–Trinajstić information content (AvgIpc) is 3.27. The minimum atomic E-state index is -0.0997. The van der Waals surface area contributed by atoms with Crippen molar-refractivity contribution >= 4 is 46.5 Å². The standard InChI is InChI=1S/C16H17N3OS2.ClH/c20-15(14-7-21-9-17-14)19-16-18-13(8-22-16)12-5-4-10-2-1-3-11(10)6-12;/h4-6,8,14,17H,1-3,7,9H2,(H,18,19,20);1H. The Kier molecular flexibility index (Phi) is 5.26. The number of aromatic nitrogens is 1. The van der Waals surface area contributed by atoms with Crippen molar-refractivity contribution in [2.45, 2.75) is 25.3 Å². The maximum atomic E-state index is 12.1. The summed E-state index contributed by atoms with van der Waals surface area (Å²) in [5.41, 5.74) is 5.01. The van der Waals surface area contributed by atoms with Crippen LogP contribution in [0.1, 0.15) is 17.5 Å². The molecular formula is C16H18ClN3OS2. The van der Waals surface area contributed by atoms with Crippen molar-refractivity contribution in [1.82, 2.24) is 10.3 Å². The molecule has 0 radical (unpaired) electrons. The van der Waals surface area contributed by atoms with E-state index in [2.05, 4.69) is 33.8 Å². The molecule has 2 aliphatic rings. The van der Waals surface area contributed by atoms with Crippen LogP contribution < -0.4 is 10.6 Å². The lowest BCUT2D eigenvalue weighted by Crippen LogP contribution is -2.37. The van der Waals surface area contributed by atoms with Crippen molar-refractivity contribution in [3.63, 3.8) is 0 Å². The van der Waals surface area contributed by atoms with Gasteiger partial charge in [-0.05, 0) is 36.5 Å². The molecule has 7 heteroatoms. The number of anilines is 1. The van der Waals surface area contributed by atoms with E-state index in [-0.39, 0.29) is 24.4 Å². The first-order chi connectivity index (χ1) is 10.8. The van der Waals surface area contributed by atoms with Gasteiger partial charge in [-0.25, -0.2) is 4.98 Å². The van der Waals surface area contributed by atoms with E-state index in [9.17, 15) is 4.79 Å². The second kappa shape index (κ2) is 7.21. The van der Waals surface area contributed by atoms with Gasteiger partial charge < -0.3 is 5.32 Å². The highest BCUT2D eigenvalue weighted by Gasteiger charge is 2.23. The minimum Gasteiger partial charge on any atom is -0.301 e. The van der Waals surface area contributed by atoms with E-state index in [1.807, 2.05) is 5.38 Å². The van der Waals surface area contributed by atoms with Gasteiger partial charge in [0.1, 0.15) is 0 Å².